The Bertz CT molecular complexity index is 1400. The van der Waals surface area contributed by atoms with Gasteiger partial charge < -0.3 is 5.32 Å². The van der Waals surface area contributed by atoms with E-state index in [1.54, 1.807) is 6.07 Å². The Morgan fingerprint density at radius 2 is 1.76 bits per heavy atom. The Labute approximate surface area is 195 Å². The number of hydrogen-bond acceptors (Lipinski definition) is 4. The third-order valence-electron chi connectivity index (χ3n) is 7.97. The van der Waals surface area contributed by atoms with E-state index in [1.165, 1.54) is 4.90 Å². The first kappa shape index (κ1) is 19.3. The Morgan fingerprint density at radius 3 is 2.61 bits per heavy atom. The van der Waals surface area contributed by atoms with Crippen molar-refractivity contribution >= 4 is 51.5 Å². The summed E-state index contributed by atoms with van der Waals surface area (Å²) in [6.45, 7) is 0.674. The minimum Gasteiger partial charge on any atom is -0.323 e. The lowest BCUT2D eigenvalue weighted by atomic mass is 9.75. The van der Waals surface area contributed by atoms with Gasteiger partial charge in [0.1, 0.15) is 5.54 Å². The van der Waals surface area contributed by atoms with Crippen molar-refractivity contribution in [2.45, 2.75) is 24.4 Å². The number of nitrogens with one attached hydrogen (secondary N) is 1. The first-order chi connectivity index (χ1) is 16.0. The lowest BCUT2D eigenvalue weighted by Crippen LogP contribution is -2.54. The Balaban J connectivity index is 1.42. The van der Waals surface area contributed by atoms with Crippen LogP contribution in [0, 0.1) is 11.8 Å². The summed E-state index contributed by atoms with van der Waals surface area (Å²) in [6.07, 6.45) is 1.67. The molecular weight excluding hydrogens is 438 g/mol. The van der Waals surface area contributed by atoms with Crippen molar-refractivity contribution < 1.29 is 14.4 Å². The summed E-state index contributed by atoms with van der Waals surface area (Å²) in [5.74, 6) is -2.11. The Morgan fingerprint density at radius 1 is 0.939 bits per heavy atom. The molecule has 3 aromatic carbocycles. The molecule has 3 saturated heterocycles. The minimum atomic E-state index is -1.20. The molecule has 33 heavy (non-hydrogen) atoms. The van der Waals surface area contributed by atoms with Crippen LogP contribution in [-0.4, -0.2) is 35.2 Å². The van der Waals surface area contributed by atoms with Crippen molar-refractivity contribution in [3.63, 3.8) is 0 Å². The fourth-order valence-electron chi connectivity index (χ4n) is 6.76. The highest BCUT2D eigenvalue weighted by Gasteiger charge is 2.74. The molecule has 0 aliphatic carbocycles. The predicted octanol–water partition coefficient (Wildman–Crippen LogP) is 3.92. The van der Waals surface area contributed by atoms with E-state index in [2.05, 4.69) is 10.2 Å². The lowest BCUT2D eigenvalue weighted by molar-refractivity contribution is -0.135. The number of hydrogen-bond donors (Lipinski definition) is 1. The molecule has 4 atom stereocenters. The number of imide groups is 1. The second-order valence-corrected chi connectivity index (χ2v) is 9.74. The van der Waals surface area contributed by atoms with Crippen LogP contribution >= 0.6 is 11.6 Å². The van der Waals surface area contributed by atoms with E-state index in [0.717, 1.165) is 23.6 Å². The average molecular weight is 458 g/mol. The van der Waals surface area contributed by atoms with Gasteiger partial charge in [-0.1, -0.05) is 54.1 Å². The van der Waals surface area contributed by atoms with E-state index in [4.69, 9.17) is 11.6 Å². The first-order valence-corrected chi connectivity index (χ1v) is 11.6. The standard InChI is InChI=1S/C26H20ClN3O3/c27-18-8-3-7-17-22(18)28-25(33)26(17)21-20(19-9-4-12-29(19)26)23(31)30(24(21)32)16-11-10-14-5-1-2-6-15(14)13-16/h1-3,5-8,10-11,13,19-21H,4,9,12H2,(H,28,33)/t19-,20+,21+,26+/m0/s1. The SMILES string of the molecule is O=C1[C@@H]2[C@@H]3CCCN3[C@@]3(C(=O)Nc4c(Cl)cccc43)[C@H]2C(=O)N1c1ccc2ccccc2c1. The van der Waals surface area contributed by atoms with Gasteiger partial charge in [0.25, 0.3) is 5.91 Å². The molecule has 4 heterocycles. The number of nitrogens with zero attached hydrogens (tertiary/aromatic N) is 2. The van der Waals surface area contributed by atoms with E-state index in [0.29, 0.717) is 28.5 Å². The van der Waals surface area contributed by atoms with Crippen LogP contribution in [0.5, 0.6) is 0 Å². The average Bonchev–Trinajstić information content (AvgIpc) is 3.53. The molecule has 1 spiro atoms. The number of para-hydroxylation sites is 1. The Hall–Kier alpha value is -3.22. The highest BCUT2D eigenvalue weighted by atomic mass is 35.5. The summed E-state index contributed by atoms with van der Waals surface area (Å²) in [5, 5.41) is 5.39. The quantitative estimate of drug-likeness (QED) is 0.562. The summed E-state index contributed by atoms with van der Waals surface area (Å²) >= 11 is 6.43. The summed E-state index contributed by atoms with van der Waals surface area (Å²) in [5.41, 5.74) is 0.619. The third-order valence-corrected chi connectivity index (χ3v) is 8.28. The minimum absolute atomic E-state index is 0.146. The number of rotatable bonds is 1. The highest BCUT2D eigenvalue weighted by Crippen LogP contribution is 2.61. The predicted molar refractivity (Wildman–Crippen MR) is 125 cm³/mol. The number of fused-ring (bicyclic) bond motifs is 8. The normalized spacial score (nSPS) is 30.3. The largest absolute Gasteiger partial charge is 0.323 e. The second-order valence-electron chi connectivity index (χ2n) is 9.33. The van der Waals surface area contributed by atoms with Gasteiger partial charge in [0.2, 0.25) is 11.8 Å². The van der Waals surface area contributed by atoms with Gasteiger partial charge in [-0.25, -0.2) is 4.90 Å². The van der Waals surface area contributed by atoms with Crippen molar-refractivity contribution in [3.8, 4) is 0 Å². The topological polar surface area (TPSA) is 69.7 Å². The van der Waals surface area contributed by atoms with Crippen molar-refractivity contribution in [1.82, 2.24) is 4.90 Å². The fraction of sp³-hybridized carbons (Fsp3) is 0.269. The van der Waals surface area contributed by atoms with E-state index in [-0.39, 0.29) is 23.8 Å². The zero-order valence-corrected chi connectivity index (χ0v) is 18.4. The first-order valence-electron chi connectivity index (χ1n) is 11.3. The van der Waals surface area contributed by atoms with E-state index >= 15 is 0 Å². The molecule has 0 unspecified atom stereocenters. The monoisotopic (exact) mass is 457 g/mol. The van der Waals surface area contributed by atoms with Crippen LogP contribution in [0.2, 0.25) is 5.02 Å². The fourth-order valence-corrected chi connectivity index (χ4v) is 6.99. The van der Waals surface area contributed by atoms with Crippen molar-refractivity contribution in [2.75, 3.05) is 16.8 Å². The van der Waals surface area contributed by atoms with Crippen LogP contribution in [0.3, 0.4) is 0 Å². The smallest absolute Gasteiger partial charge is 0.250 e. The second kappa shape index (κ2) is 6.43. The molecule has 0 radical (unpaired) electrons. The molecule has 0 saturated carbocycles. The van der Waals surface area contributed by atoms with Gasteiger partial charge >= 0.3 is 0 Å². The zero-order chi connectivity index (χ0) is 22.5. The number of carbonyl (C=O) groups is 3. The molecule has 6 nitrogen and oxygen atoms in total. The lowest BCUT2D eigenvalue weighted by Gasteiger charge is -2.36. The van der Waals surface area contributed by atoms with Crippen LogP contribution in [0.1, 0.15) is 18.4 Å². The van der Waals surface area contributed by atoms with Gasteiger partial charge in [-0.15, -0.1) is 0 Å². The van der Waals surface area contributed by atoms with Crippen molar-refractivity contribution in [3.05, 3.63) is 71.2 Å². The molecule has 164 valence electrons. The third kappa shape index (κ3) is 2.20. The summed E-state index contributed by atoms with van der Waals surface area (Å²) in [4.78, 5) is 44.9. The van der Waals surface area contributed by atoms with Crippen LogP contribution in [-0.2, 0) is 19.9 Å². The van der Waals surface area contributed by atoms with Gasteiger partial charge in [-0.3, -0.25) is 19.3 Å². The summed E-state index contributed by atoms with van der Waals surface area (Å²) < 4.78 is 0. The summed E-state index contributed by atoms with van der Waals surface area (Å²) in [7, 11) is 0. The van der Waals surface area contributed by atoms with Gasteiger partial charge in [-0.05, 0) is 48.4 Å². The number of amides is 3. The van der Waals surface area contributed by atoms with E-state index in [1.807, 2.05) is 54.6 Å². The van der Waals surface area contributed by atoms with Crippen LogP contribution in [0.4, 0.5) is 11.4 Å². The van der Waals surface area contributed by atoms with Crippen LogP contribution in [0.25, 0.3) is 10.8 Å². The van der Waals surface area contributed by atoms with Gasteiger partial charge in [0.05, 0.1) is 28.2 Å². The Kier molecular flexibility index (Phi) is 3.75. The van der Waals surface area contributed by atoms with Crippen molar-refractivity contribution in [2.24, 2.45) is 11.8 Å². The molecule has 4 aliphatic heterocycles. The summed E-state index contributed by atoms with van der Waals surface area (Å²) in [6, 6.07) is 18.7. The van der Waals surface area contributed by atoms with Gasteiger partial charge in [0, 0.05) is 11.6 Å². The number of benzene rings is 3. The molecule has 3 amide bonds. The van der Waals surface area contributed by atoms with Gasteiger partial charge in [0.15, 0.2) is 0 Å². The zero-order valence-electron chi connectivity index (χ0n) is 17.6. The molecule has 7 heteroatoms. The maximum atomic E-state index is 14.0. The number of anilines is 2. The highest BCUT2D eigenvalue weighted by molar-refractivity contribution is 6.35. The van der Waals surface area contributed by atoms with Crippen LogP contribution in [0.15, 0.2) is 60.7 Å². The number of halogens is 1. The molecule has 3 aromatic rings. The molecule has 0 aromatic heterocycles. The van der Waals surface area contributed by atoms with Crippen LogP contribution < -0.4 is 10.2 Å². The molecule has 4 aliphatic rings. The maximum absolute atomic E-state index is 14.0. The molecule has 7 rings (SSSR count). The van der Waals surface area contributed by atoms with Gasteiger partial charge in [-0.2, -0.15) is 0 Å². The van der Waals surface area contributed by atoms with E-state index in [9.17, 15) is 14.4 Å². The molecule has 0 bridgehead atoms. The van der Waals surface area contributed by atoms with E-state index < -0.39 is 17.4 Å². The van der Waals surface area contributed by atoms with Crippen molar-refractivity contribution in [1.29, 1.82) is 0 Å². The molecular formula is C26H20ClN3O3. The number of carbonyl (C=O) groups excluding carboxylic acids is 3. The molecule has 1 N–H and O–H groups in total. The maximum Gasteiger partial charge on any atom is 0.250 e. The molecule has 3 fully saturated rings.